The molecule has 0 aliphatic heterocycles. The predicted octanol–water partition coefficient (Wildman–Crippen LogP) is 13.1. The van der Waals surface area contributed by atoms with Gasteiger partial charge in [-0.3, -0.25) is 0 Å². The van der Waals surface area contributed by atoms with Gasteiger partial charge < -0.3 is 0 Å². The number of hydrogen-bond donors (Lipinski definition) is 0. The van der Waals surface area contributed by atoms with Crippen LogP contribution in [0, 0.1) is 0 Å². The minimum absolute atomic E-state index is 0.350. The van der Waals surface area contributed by atoms with Gasteiger partial charge in [-0.15, -0.1) is 0 Å². The SMILES string of the molecule is c1ccc2c(c1)c1ccccc1n2CC[O][Ti]([O]CCn1c2ccccc2c2ccccc21)([O]CCn1c2ccccc2c2ccccc21)[O]CCn1c2ccccc2c2ccccc21. The van der Waals surface area contributed by atoms with Crippen LogP contribution in [0.25, 0.3) is 87.2 Å². The van der Waals surface area contributed by atoms with Crippen molar-refractivity contribution in [1.29, 1.82) is 0 Å². The second-order valence-corrected chi connectivity index (χ2v) is 20.0. The van der Waals surface area contributed by atoms with Crippen molar-refractivity contribution in [2.24, 2.45) is 0 Å². The van der Waals surface area contributed by atoms with E-state index in [2.05, 4.69) is 212 Å². The molecule has 12 aromatic rings. The van der Waals surface area contributed by atoms with Crippen molar-refractivity contribution < 1.29 is 31.4 Å². The van der Waals surface area contributed by atoms with Crippen molar-refractivity contribution in [3.63, 3.8) is 0 Å². The van der Waals surface area contributed by atoms with E-state index in [-0.39, 0.29) is 0 Å². The van der Waals surface area contributed by atoms with Crippen LogP contribution >= 0.6 is 0 Å². The molecular weight excluding hydrogens is 841 g/mol. The quantitative estimate of drug-likeness (QED) is 0.0907. The summed E-state index contributed by atoms with van der Waals surface area (Å²) >= 11 is -4.65. The minimum atomic E-state index is -4.65. The average Bonchev–Trinajstić information content (AvgIpc) is 4.07. The first kappa shape index (κ1) is 40.1. The van der Waals surface area contributed by atoms with Crippen LogP contribution in [0.5, 0.6) is 0 Å². The Labute approximate surface area is 381 Å². The molecule has 0 amide bonds. The molecule has 12 rings (SSSR count). The molecule has 0 saturated heterocycles. The summed E-state index contributed by atoms with van der Waals surface area (Å²) in [6, 6.07) is 68.8. The van der Waals surface area contributed by atoms with Crippen LogP contribution in [0.15, 0.2) is 194 Å². The Morgan fingerprint density at radius 3 is 0.554 bits per heavy atom. The first-order chi connectivity index (χ1) is 32.2. The van der Waals surface area contributed by atoms with Crippen LogP contribution < -0.4 is 0 Å². The number of fused-ring (bicyclic) bond motifs is 12. The first-order valence-electron chi connectivity index (χ1n) is 22.6. The Bertz CT molecular complexity index is 2980. The molecule has 9 heteroatoms. The van der Waals surface area contributed by atoms with Gasteiger partial charge in [0.05, 0.1) is 0 Å². The molecule has 8 nitrogen and oxygen atoms in total. The first-order valence-corrected chi connectivity index (χ1v) is 25.2. The van der Waals surface area contributed by atoms with Gasteiger partial charge in [-0.1, -0.05) is 0 Å². The molecule has 4 aromatic heterocycles. The van der Waals surface area contributed by atoms with Gasteiger partial charge in [0.1, 0.15) is 0 Å². The summed E-state index contributed by atoms with van der Waals surface area (Å²) in [5.41, 5.74) is 9.35. The van der Waals surface area contributed by atoms with Crippen LogP contribution in [0.1, 0.15) is 0 Å². The van der Waals surface area contributed by atoms with E-state index < -0.39 is 18.1 Å². The van der Waals surface area contributed by atoms with Gasteiger partial charge in [0, 0.05) is 0 Å². The van der Waals surface area contributed by atoms with E-state index in [9.17, 15) is 0 Å². The third-order valence-electron chi connectivity index (χ3n) is 13.1. The fraction of sp³-hybridized carbons (Fsp3) is 0.143. The molecule has 0 unspecified atom stereocenters. The molecule has 65 heavy (non-hydrogen) atoms. The van der Waals surface area contributed by atoms with E-state index in [1.165, 1.54) is 87.2 Å². The number of hydrogen-bond acceptors (Lipinski definition) is 4. The van der Waals surface area contributed by atoms with Gasteiger partial charge in [0.2, 0.25) is 0 Å². The van der Waals surface area contributed by atoms with E-state index in [1.54, 1.807) is 0 Å². The van der Waals surface area contributed by atoms with Gasteiger partial charge in [0.15, 0.2) is 0 Å². The monoisotopic (exact) mass is 888 g/mol. The maximum atomic E-state index is 7.16. The molecule has 4 heterocycles. The summed E-state index contributed by atoms with van der Waals surface area (Å²) in [5, 5.41) is 9.80. The normalized spacial score (nSPS) is 12.4. The second kappa shape index (κ2) is 17.1. The number of rotatable bonds is 16. The summed E-state index contributed by atoms with van der Waals surface area (Å²) in [7, 11) is 0. The Hall–Kier alpha value is -6.49. The van der Waals surface area contributed by atoms with Gasteiger partial charge in [-0.05, 0) is 0 Å². The van der Waals surface area contributed by atoms with Gasteiger partial charge in [0.25, 0.3) is 0 Å². The summed E-state index contributed by atoms with van der Waals surface area (Å²) in [4.78, 5) is 0. The molecule has 0 spiro atoms. The standard InChI is InChI=1S/4C14H12NO.Ti/c4*16-10-9-15-13-7-3-1-5-11(13)12-6-2-4-8-14(12)15;/h4*1-8H,9-10H2;/q4*-1;+4. The summed E-state index contributed by atoms with van der Waals surface area (Å²) in [6.45, 7) is 3.80. The van der Waals surface area contributed by atoms with Crippen molar-refractivity contribution >= 4 is 87.2 Å². The Balaban J connectivity index is 0.909. The van der Waals surface area contributed by atoms with Crippen LogP contribution in [0.3, 0.4) is 0 Å². The Morgan fingerprint density at radius 2 is 0.385 bits per heavy atom. The van der Waals surface area contributed by atoms with Crippen LogP contribution in [-0.4, -0.2) is 44.7 Å². The van der Waals surface area contributed by atoms with Crippen molar-refractivity contribution in [2.75, 3.05) is 26.4 Å². The zero-order chi connectivity index (χ0) is 43.2. The molecule has 8 aromatic carbocycles. The van der Waals surface area contributed by atoms with Crippen LogP contribution in [0.4, 0.5) is 0 Å². The van der Waals surface area contributed by atoms with Gasteiger partial charge in [-0.25, -0.2) is 0 Å². The van der Waals surface area contributed by atoms with Crippen molar-refractivity contribution in [2.45, 2.75) is 26.2 Å². The Kier molecular flexibility index (Phi) is 10.6. The van der Waals surface area contributed by atoms with Gasteiger partial charge >= 0.3 is 384 Å². The van der Waals surface area contributed by atoms with Crippen LogP contribution in [-0.2, 0) is 57.6 Å². The van der Waals surface area contributed by atoms with Crippen LogP contribution in [0.2, 0.25) is 0 Å². The van der Waals surface area contributed by atoms with E-state index in [0.717, 1.165) is 0 Å². The van der Waals surface area contributed by atoms with E-state index in [0.29, 0.717) is 52.6 Å². The fourth-order valence-corrected chi connectivity index (χ4v) is 13.2. The molecule has 0 atom stereocenters. The molecule has 0 aliphatic rings. The van der Waals surface area contributed by atoms with E-state index in [1.807, 2.05) is 0 Å². The van der Waals surface area contributed by atoms with Crippen molar-refractivity contribution in [3.8, 4) is 0 Å². The topological polar surface area (TPSA) is 56.6 Å². The zero-order valence-corrected chi connectivity index (χ0v) is 37.6. The molecule has 320 valence electrons. The average molecular weight is 889 g/mol. The molecule has 0 saturated carbocycles. The fourth-order valence-electron chi connectivity index (χ4n) is 10.3. The third-order valence-corrected chi connectivity index (χ3v) is 16.6. The number of aromatic nitrogens is 4. The number of benzene rings is 8. The molecular formula is C56H48N4O4Ti. The second-order valence-electron chi connectivity index (χ2n) is 16.6. The molecule has 0 aliphatic carbocycles. The third kappa shape index (κ3) is 7.14. The summed E-state index contributed by atoms with van der Waals surface area (Å²) < 4.78 is 38.0. The maximum absolute atomic E-state index is 7.16. The van der Waals surface area contributed by atoms with E-state index >= 15 is 0 Å². The summed E-state index contributed by atoms with van der Waals surface area (Å²) in [6.07, 6.45) is 0. The predicted molar refractivity (Wildman–Crippen MR) is 262 cm³/mol. The molecule has 0 fully saturated rings. The number of nitrogens with zero attached hydrogens (tertiary/aromatic N) is 4. The van der Waals surface area contributed by atoms with Crippen molar-refractivity contribution in [3.05, 3.63) is 194 Å². The molecule has 0 radical (unpaired) electrons. The van der Waals surface area contributed by atoms with Crippen molar-refractivity contribution in [1.82, 2.24) is 18.3 Å². The Morgan fingerprint density at radius 1 is 0.231 bits per heavy atom. The number of para-hydroxylation sites is 8. The van der Waals surface area contributed by atoms with Gasteiger partial charge in [-0.2, -0.15) is 0 Å². The van der Waals surface area contributed by atoms with E-state index in [4.69, 9.17) is 13.3 Å². The molecule has 0 bridgehead atoms. The summed E-state index contributed by atoms with van der Waals surface area (Å²) in [5.74, 6) is 0. The molecule has 0 N–H and O–H groups in total. The zero-order valence-electron chi connectivity index (χ0n) is 36.1.